The van der Waals surface area contributed by atoms with Crippen molar-refractivity contribution in [2.45, 2.75) is 26.9 Å². The first-order chi connectivity index (χ1) is 12.9. The van der Waals surface area contributed by atoms with E-state index in [-0.39, 0.29) is 30.3 Å². The lowest BCUT2D eigenvalue weighted by Crippen LogP contribution is -2.20. The third-order valence-electron chi connectivity index (χ3n) is 3.99. The van der Waals surface area contributed by atoms with E-state index in [0.717, 1.165) is 0 Å². The SMILES string of the molecule is Cc1nn(CC(=O)N=c2sccn2Cc2ccccc2F)c(C)c1[N+](=O)[O-]. The Morgan fingerprint density at radius 2 is 2.11 bits per heavy atom. The number of hydrogen-bond donors (Lipinski definition) is 0. The summed E-state index contributed by atoms with van der Waals surface area (Å²) in [5.41, 5.74) is 0.926. The van der Waals surface area contributed by atoms with Gasteiger partial charge in [-0.1, -0.05) is 18.2 Å². The van der Waals surface area contributed by atoms with Gasteiger partial charge in [0.25, 0.3) is 5.91 Å². The van der Waals surface area contributed by atoms with Gasteiger partial charge >= 0.3 is 5.69 Å². The number of halogens is 1. The minimum Gasteiger partial charge on any atom is -0.319 e. The molecule has 0 atom stereocenters. The Labute approximate surface area is 157 Å². The smallest absolute Gasteiger partial charge is 0.312 e. The van der Waals surface area contributed by atoms with Crippen molar-refractivity contribution in [3.8, 4) is 0 Å². The van der Waals surface area contributed by atoms with Crippen molar-refractivity contribution >= 4 is 22.9 Å². The number of nitro groups is 1. The third kappa shape index (κ3) is 4.00. The topological polar surface area (TPSA) is 95.3 Å². The number of carbonyl (C=O) groups is 1. The van der Waals surface area contributed by atoms with E-state index in [4.69, 9.17) is 0 Å². The molecule has 0 aliphatic carbocycles. The molecule has 2 heterocycles. The molecule has 0 bridgehead atoms. The Morgan fingerprint density at radius 1 is 1.37 bits per heavy atom. The van der Waals surface area contributed by atoms with Crippen LogP contribution in [-0.2, 0) is 17.9 Å². The summed E-state index contributed by atoms with van der Waals surface area (Å²) in [7, 11) is 0. The molecular weight excluding hydrogens is 373 g/mol. The number of aryl methyl sites for hydroxylation is 1. The minimum absolute atomic E-state index is 0.103. The molecule has 27 heavy (non-hydrogen) atoms. The molecule has 0 aliphatic rings. The van der Waals surface area contributed by atoms with E-state index in [0.29, 0.717) is 16.1 Å². The standard InChI is InChI=1S/C17H16FN5O3S/c1-11-16(23(25)26)12(2)22(20-11)10-15(24)19-17-21(7-8-27-17)9-13-5-3-4-6-14(13)18/h3-8H,9-10H2,1-2H3. The summed E-state index contributed by atoms with van der Waals surface area (Å²) in [6.07, 6.45) is 1.72. The molecular formula is C17H16FN5O3S. The van der Waals surface area contributed by atoms with E-state index >= 15 is 0 Å². The van der Waals surface area contributed by atoms with Crippen molar-refractivity contribution in [3.63, 3.8) is 0 Å². The van der Waals surface area contributed by atoms with Gasteiger partial charge in [-0.15, -0.1) is 11.3 Å². The average Bonchev–Trinajstić information content (AvgIpc) is 3.13. The van der Waals surface area contributed by atoms with Crippen molar-refractivity contribution in [3.05, 3.63) is 73.5 Å². The van der Waals surface area contributed by atoms with Gasteiger partial charge in [0.15, 0.2) is 4.80 Å². The molecule has 10 heteroatoms. The zero-order valence-corrected chi connectivity index (χ0v) is 15.4. The quantitative estimate of drug-likeness (QED) is 0.495. The van der Waals surface area contributed by atoms with Crippen LogP contribution < -0.4 is 4.80 Å². The molecule has 140 valence electrons. The van der Waals surface area contributed by atoms with Crippen molar-refractivity contribution < 1.29 is 14.1 Å². The van der Waals surface area contributed by atoms with Crippen LogP contribution in [0.25, 0.3) is 0 Å². The largest absolute Gasteiger partial charge is 0.319 e. The highest BCUT2D eigenvalue weighted by molar-refractivity contribution is 7.07. The monoisotopic (exact) mass is 389 g/mol. The van der Waals surface area contributed by atoms with Crippen molar-refractivity contribution in [1.82, 2.24) is 14.3 Å². The Balaban J connectivity index is 1.83. The predicted octanol–water partition coefficient (Wildman–Crippen LogP) is 2.59. The Kier molecular flexibility index (Phi) is 5.26. The molecule has 1 amide bonds. The van der Waals surface area contributed by atoms with Gasteiger partial charge in [0.2, 0.25) is 0 Å². The highest BCUT2D eigenvalue weighted by Gasteiger charge is 2.22. The normalized spacial score (nSPS) is 11.7. The lowest BCUT2D eigenvalue weighted by Gasteiger charge is -2.04. The molecule has 1 aromatic carbocycles. The van der Waals surface area contributed by atoms with E-state index < -0.39 is 10.8 Å². The molecule has 0 aliphatic heterocycles. The first-order valence-electron chi connectivity index (χ1n) is 8.00. The fourth-order valence-corrected chi connectivity index (χ4v) is 3.44. The Bertz CT molecular complexity index is 1080. The molecule has 0 fully saturated rings. The molecule has 0 spiro atoms. The maximum Gasteiger partial charge on any atom is 0.312 e. The molecule has 0 N–H and O–H groups in total. The summed E-state index contributed by atoms with van der Waals surface area (Å²) in [5.74, 6) is -0.830. The predicted molar refractivity (Wildman–Crippen MR) is 96.7 cm³/mol. The van der Waals surface area contributed by atoms with E-state index in [9.17, 15) is 19.3 Å². The fraction of sp³-hybridized carbons (Fsp3) is 0.235. The van der Waals surface area contributed by atoms with Gasteiger partial charge in [0, 0.05) is 17.1 Å². The second-order valence-electron chi connectivity index (χ2n) is 5.84. The molecule has 0 unspecified atom stereocenters. The summed E-state index contributed by atoms with van der Waals surface area (Å²) >= 11 is 1.25. The van der Waals surface area contributed by atoms with Crippen LogP contribution in [0.3, 0.4) is 0 Å². The van der Waals surface area contributed by atoms with E-state index in [2.05, 4.69) is 10.1 Å². The van der Waals surface area contributed by atoms with Gasteiger partial charge in [-0.3, -0.25) is 19.6 Å². The second-order valence-corrected chi connectivity index (χ2v) is 6.72. The lowest BCUT2D eigenvalue weighted by molar-refractivity contribution is -0.386. The van der Waals surface area contributed by atoms with Crippen LogP contribution in [0.15, 0.2) is 40.8 Å². The number of nitrogens with zero attached hydrogens (tertiary/aromatic N) is 5. The molecule has 0 saturated carbocycles. The Hall–Kier alpha value is -3.14. The van der Waals surface area contributed by atoms with Gasteiger partial charge in [-0.2, -0.15) is 10.1 Å². The number of amides is 1. The lowest BCUT2D eigenvalue weighted by atomic mass is 10.2. The average molecular weight is 389 g/mol. The maximum atomic E-state index is 13.8. The van der Waals surface area contributed by atoms with E-state index in [1.54, 1.807) is 34.3 Å². The first-order valence-corrected chi connectivity index (χ1v) is 8.88. The second kappa shape index (κ2) is 7.62. The molecule has 0 saturated heterocycles. The summed E-state index contributed by atoms with van der Waals surface area (Å²) in [4.78, 5) is 27.3. The van der Waals surface area contributed by atoms with Crippen LogP contribution in [0.1, 0.15) is 17.0 Å². The van der Waals surface area contributed by atoms with Crippen LogP contribution in [0.5, 0.6) is 0 Å². The summed E-state index contributed by atoms with van der Waals surface area (Å²) in [6.45, 7) is 3.09. The zero-order chi connectivity index (χ0) is 19.6. The van der Waals surface area contributed by atoms with Crippen LogP contribution in [-0.4, -0.2) is 25.2 Å². The fourth-order valence-electron chi connectivity index (χ4n) is 2.69. The van der Waals surface area contributed by atoms with Gasteiger partial charge in [-0.05, 0) is 19.9 Å². The van der Waals surface area contributed by atoms with Crippen LogP contribution >= 0.6 is 11.3 Å². The van der Waals surface area contributed by atoms with Crippen LogP contribution in [0.4, 0.5) is 10.1 Å². The van der Waals surface area contributed by atoms with Crippen molar-refractivity contribution in [2.75, 3.05) is 0 Å². The Morgan fingerprint density at radius 3 is 2.78 bits per heavy atom. The molecule has 3 aromatic rings. The summed E-state index contributed by atoms with van der Waals surface area (Å²) in [5, 5.41) is 16.9. The molecule has 3 rings (SSSR count). The van der Waals surface area contributed by atoms with Crippen LogP contribution in [0, 0.1) is 29.8 Å². The number of aromatic nitrogens is 3. The highest BCUT2D eigenvalue weighted by atomic mass is 32.1. The number of thiazole rings is 1. The van der Waals surface area contributed by atoms with E-state index in [1.807, 2.05) is 0 Å². The number of rotatable bonds is 5. The minimum atomic E-state index is -0.516. The number of benzene rings is 1. The van der Waals surface area contributed by atoms with Crippen molar-refractivity contribution in [2.24, 2.45) is 4.99 Å². The number of carbonyl (C=O) groups excluding carboxylic acids is 1. The first kappa shape index (κ1) is 18.6. The highest BCUT2D eigenvalue weighted by Crippen LogP contribution is 2.21. The molecule has 2 aromatic heterocycles. The zero-order valence-electron chi connectivity index (χ0n) is 14.6. The van der Waals surface area contributed by atoms with Gasteiger partial charge < -0.3 is 4.57 Å². The molecule has 0 radical (unpaired) electrons. The van der Waals surface area contributed by atoms with Gasteiger partial charge in [0.1, 0.15) is 23.7 Å². The molecule has 8 nitrogen and oxygen atoms in total. The summed E-state index contributed by atoms with van der Waals surface area (Å²) in [6, 6.07) is 6.39. The summed E-state index contributed by atoms with van der Waals surface area (Å²) < 4.78 is 16.8. The van der Waals surface area contributed by atoms with Crippen LogP contribution in [0.2, 0.25) is 0 Å². The number of hydrogen-bond acceptors (Lipinski definition) is 5. The van der Waals surface area contributed by atoms with Gasteiger partial charge in [0.05, 0.1) is 11.5 Å². The van der Waals surface area contributed by atoms with E-state index in [1.165, 1.54) is 35.9 Å². The third-order valence-corrected chi connectivity index (χ3v) is 4.78. The van der Waals surface area contributed by atoms with Crippen molar-refractivity contribution in [1.29, 1.82) is 0 Å². The maximum absolute atomic E-state index is 13.8. The van der Waals surface area contributed by atoms with Gasteiger partial charge in [-0.25, -0.2) is 4.39 Å².